The van der Waals surface area contributed by atoms with Crippen molar-refractivity contribution >= 4 is 50.3 Å². The van der Waals surface area contributed by atoms with E-state index in [1.807, 2.05) is 30.3 Å². The third kappa shape index (κ3) is 5.70. The second-order valence-electron chi connectivity index (χ2n) is 5.77. The number of benzene rings is 2. The Balaban J connectivity index is 1.85. The van der Waals surface area contributed by atoms with E-state index in [2.05, 4.69) is 63.2 Å². The molecule has 0 aliphatic rings. The fourth-order valence-corrected chi connectivity index (χ4v) is 3.34. The Morgan fingerprint density at radius 3 is 2.58 bits per heavy atom. The Hall–Kier alpha value is -1.61. The molecule has 1 unspecified atom stereocenters. The number of carbonyl (C=O) groups excluding carboxylic acids is 2. The molecular weight excluding hydrogens is 511 g/mol. The Bertz CT molecular complexity index is 798. The zero-order valence-corrected chi connectivity index (χ0v) is 18.3. The van der Waals surface area contributed by atoms with Gasteiger partial charge in [-0.2, -0.15) is 0 Å². The van der Waals surface area contributed by atoms with E-state index in [1.165, 1.54) is 5.56 Å². The molecule has 2 aromatic carbocycles. The summed E-state index contributed by atoms with van der Waals surface area (Å²) in [4.78, 5) is 24.0. The number of carbonyl (C=O) groups is 2. The lowest BCUT2D eigenvalue weighted by molar-refractivity contribution is -0.123. The summed E-state index contributed by atoms with van der Waals surface area (Å²) < 4.78 is 7.12. The summed E-state index contributed by atoms with van der Waals surface area (Å²) in [5.74, 6) is 0.223. The largest absolute Gasteiger partial charge is 0.483 e. The quantitative estimate of drug-likeness (QED) is 0.429. The predicted octanol–water partition coefficient (Wildman–Crippen LogP) is 4.41. The highest BCUT2D eigenvalue weighted by molar-refractivity contribution is 14.1. The van der Waals surface area contributed by atoms with Gasteiger partial charge in [0.1, 0.15) is 5.75 Å². The molecule has 2 N–H and O–H groups in total. The van der Waals surface area contributed by atoms with Crippen LogP contribution in [0.1, 0.15) is 42.1 Å². The minimum absolute atomic E-state index is 0.201. The second kappa shape index (κ2) is 9.91. The van der Waals surface area contributed by atoms with Crippen molar-refractivity contribution in [1.29, 1.82) is 0 Å². The van der Waals surface area contributed by atoms with Gasteiger partial charge in [0, 0.05) is 3.57 Å². The van der Waals surface area contributed by atoms with Crippen LogP contribution in [0.25, 0.3) is 0 Å². The van der Waals surface area contributed by atoms with Gasteiger partial charge in [0.25, 0.3) is 11.8 Å². The molecule has 138 valence electrons. The van der Waals surface area contributed by atoms with Crippen molar-refractivity contribution in [2.45, 2.75) is 26.2 Å². The van der Waals surface area contributed by atoms with Crippen LogP contribution in [0.5, 0.6) is 5.75 Å². The molecule has 26 heavy (non-hydrogen) atoms. The summed E-state index contributed by atoms with van der Waals surface area (Å²) in [6.45, 7) is 4.10. The van der Waals surface area contributed by atoms with Crippen molar-refractivity contribution in [1.82, 2.24) is 10.9 Å². The average molecular weight is 531 g/mol. The van der Waals surface area contributed by atoms with Crippen LogP contribution in [0.3, 0.4) is 0 Å². The second-order valence-corrected chi connectivity index (χ2v) is 7.79. The standard InChI is InChI=1S/C19H20BrIN2O3/c1-3-12(2)13-8-9-17(15(20)10-13)26-11-18(24)22-23-19(25)14-6-4-5-7-16(14)21/h4-10,12H,3,11H2,1-2H3,(H,22,24)(H,23,25). The maximum Gasteiger partial charge on any atom is 0.276 e. The molecule has 0 fully saturated rings. The van der Waals surface area contributed by atoms with E-state index >= 15 is 0 Å². The van der Waals surface area contributed by atoms with Gasteiger partial charge in [-0.05, 0) is 80.7 Å². The molecule has 5 nitrogen and oxygen atoms in total. The number of hydrogen-bond acceptors (Lipinski definition) is 3. The third-order valence-electron chi connectivity index (χ3n) is 3.93. The summed E-state index contributed by atoms with van der Waals surface area (Å²) in [6, 6.07) is 12.9. The van der Waals surface area contributed by atoms with Crippen LogP contribution in [0, 0.1) is 3.57 Å². The van der Waals surface area contributed by atoms with E-state index in [1.54, 1.807) is 12.1 Å². The van der Waals surface area contributed by atoms with Gasteiger partial charge < -0.3 is 4.74 Å². The predicted molar refractivity (Wildman–Crippen MR) is 113 cm³/mol. The highest BCUT2D eigenvalue weighted by Crippen LogP contribution is 2.29. The molecule has 7 heteroatoms. The lowest BCUT2D eigenvalue weighted by atomic mass is 9.99. The minimum atomic E-state index is -0.442. The highest BCUT2D eigenvalue weighted by atomic mass is 127. The van der Waals surface area contributed by atoms with Crippen LogP contribution in [-0.2, 0) is 4.79 Å². The summed E-state index contributed by atoms with van der Waals surface area (Å²) in [5, 5.41) is 0. The molecule has 0 bridgehead atoms. The van der Waals surface area contributed by atoms with Gasteiger partial charge in [-0.1, -0.05) is 32.0 Å². The maximum atomic E-state index is 12.0. The summed E-state index contributed by atoms with van der Waals surface area (Å²) in [7, 11) is 0. The summed E-state index contributed by atoms with van der Waals surface area (Å²) >= 11 is 5.54. The fraction of sp³-hybridized carbons (Fsp3) is 0.263. The third-order valence-corrected chi connectivity index (χ3v) is 5.49. The number of hydrazine groups is 1. The summed E-state index contributed by atoms with van der Waals surface area (Å²) in [5.41, 5.74) is 6.45. The van der Waals surface area contributed by atoms with Crippen molar-refractivity contribution < 1.29 is 14.3 Å². The number of ether oxygens (including phenoxy) is 1. The van der Waals surface area contributed by atoms with Crippen LogP contribution in [0.4, 0.5) is 0 Å². The Morgan fingerprint density at radius 1 is 1.19 bits per heavy atom. The van der Waals surface area contributed by atoms with Gasteiger partial charge in [0.15, 0.2) is 6.61 Å². The average Bonchev–Trinajstić information content (AvgIpc) is 2.64. The molecular formula is C19H20BrIN2O3. The maximum absolute atomic E-state index is 12.0. The van der Waals surface area contributed by atoms with Crippen molar-refractivity contribution in [2.24, 2.45) is 0 Å². The van der Waals surface area contributed by atoms with Crippen LogP contribution < -0.4 is 15.6 Å². The van der Waals surface area contributed by atoms with Gasteiger partial charge in [-0.15, -0.1) is 0 Å². The lowest BCUT2D eigenvalue weighted by Gasteiger charge is -2.13. The molecule has 2 amide bonds. The van der Waals surface area contributed by atoms with Crippen molar-refractivity contribution in [3.63, 3.8) is 0 Å². The number of nitrogens with one attached hydrogen (secondary N) is 2. The molecule has 2 aromatic rings. The summed E-state index contributed by atoms with van der Waals surface area (Å²) in [6.07, 6.45) is 1.05. The lowest BCUT2D eigenvalue weighted by Crippen LogP contribution is -2.44. The van der Waals surface area contributed by atoms with E-state index in [0.717, 1.165) is 14.5 Å². The molecule has 0 aromatic heterocycles. The molecule has 2 rings (SSSR count). The molecule has 0 radical (unpaired) electrons. The Labute approximate surface area is 175 Å². The first kappa shape index (κ1) is 20.7. The minimum Gasteiger partial charge on any atom is -0.483 e. The monoisotopic (exact) mass is 530 g/mol. The molecule has 0 saturated carbocycles. The van der Waals surface area contributed by atoms with Crippen molar-refractivity contribution in [2.75, 3.05) is 6.61 Å². The Morgan fingerprint density at radius 2 is 1.92 bits per heavy atom. The van der Waals surface area contributed by atoms with E-state index in [0.29, 0.717) is 17.2 Å². The van der Waals surface area contributed by atoms with Crippen LogP contribution >= 0.6 is 38.5 Å². The molecule has 0 aliphatic carbocycles. The van der Waals surface area contributed by atoms with E-state index < -0.39 is 5.91 Å². The van der Waals surface area contributed by atoms with Gasteiger partial charge in [0.05, 0.1) is 10.0 Å². The molecule has 0 saturated heterocycles. The number of hydrogen-bond donors (Lipinski definition) is 2. The molecule has 0 aliphatic heterocycles. The normalized spacial score (nSPS) is 11.5. The highest BCUT2D eigenvalue weighted by Gasteiger charge is 2.12. The smallest absolute Gasteiger partial charge is 0.276 e. The molecule has 0 heterocycles. The van der Waals surface area contributed by atoms with Gasteiger partial charge in [0.2, 0.25) is 0 Å². The van der Waals surface area contributed by atoms with Gasteiger partial charge >= 0.3 is 0 Å². The topological polar surface area (TPSA) is 67.4 Å². The molecule has 1 atom stereocenters. The SMILES string of the molecule is CCC(C)c1ccc(OCC(=O)NNC(=O)c2ccccc2I)c(Br)c1. The fourth-order valence-electron chi connectivity index (χ4n) is 2.19. The van der Waals surface area contributed by atoms with Crippen molar-refractivity contribution in [3.8, 4) is 5.75 Å². The zero-order chi connectivity index (χ0) is 19.1. The van der Waals surface area contributed by atoms with Crippen molar-refractivity contribution in [3.05, 3.63) is 61.6 Å². The number of rotatable bonds is 6. The first-order valence-corrected chi connectivity index (χ1v) is 10.1. The van der Waals surface area contributed by atoms with Crippen LogP contribution in [-0.4, -0.2) is 18.4 Å². The van der Waals surface area contributed by atoms with Crippen LogP contribution in [0.2, 0.25) is 0 Å². The van der Waals surface area contributed by atoms with E-state index in [-0.39, 0.29) is 12.5 Å². The molecule has 0 spiro atoms. The first-order chi connectivity index (χ1) is 12.4. The number of amides is 2. The first-order valence-electron chi connectivity index (χ1n) is 8.18. The van der Waals surface area contributed by atoms with Gasteiger partial charge in [-0.3, -0.25) is 20.4 Å². The number of halogens is 2. The zero-order valence-electron chi connectivity index (χ0n) is 14.5. The van der Waals surface area contributed by atoms with E-state index in [4.69, 9.17) is 4.74 Å². The Kier molecular flexibility index (Phi) is 7.89. The van der Waals surface area contributed by atoms with Crippen LogP contribution in [0.15, 0.2) is 46.9 Å². The van der Waals surface area contributed by atoms with E-state index in [9.17, 15) is 9.59 Å². The van der Waals surface area contributed by atoms with Gasteiger partial charge in [-0.25, -0.2) is 0 Å².